The number of pyridine rings is 1. The molecule has 0 atom stereocenters. The highest BCUT2D eigenvalue weighted by molar-refractivity contribution is 5.86. The van der Waals surface area contributed by atoms with Crippen LogP contribution in [0.2, 0.25) is 0 Å². The van der Waals surface area contributed by atoms with E-state index in [0.717, 1.165) is 12.8 Å². The lowest BCUT2D eigenvalue weighted by Gasteiger charge is -2.12. The third kappa shape index (κ3) is 1.65. The Bertz CT molecular complexity index is 441. The van der Waals surface area contributed by atoms with E-state index >= 15 is 0 Å². The second kappa shape index (κ2) is 3.93. The van der Waals surface area contributed by atoms with Crippen molar-refractivity contribution in [1.29, 1.82) is 5.26 Å². The van der Waals surface area contributed by atoms with Crippen LogP contribution in [0, 0.1) is 11.3 Å². The van der Waals surface area contributed by atoms with Gasteiger partial charge >= 0.3 is 5.97 Å². The molecule has 0 aliphatic heterocycles. The number of ether oxygens (including phenoxy) is 1. The summed E-state index contributed by atoms with van der Waals surface area (Å²) in [5.41, 5.74) is 0.678. The quantitative estimate of drug-likeness (QED) is 0.719. The molecule has 1 aromatic heterocycles. The second-order valence-electron chi connectivity index (χ2n) is 3.85. The molecule has 1 aliphatic carbocycles. The lowest BCUT2D eigenvalue weighted by Crippen LogP contribution is -2.24. The highest BCUT2D eigenvalue weighted by Gasteiger charge is 2.54. The molecule has 2 rings (SSSR count). The van der Waals surface area contributed by atoms with Crippen LogP contribution in [0.1, 0.15) is 31.0 Å². The van der Waals surface area contributed by atoms with Crippen molar-refractivity contribution < 1.29 is 9.53 Å². The van der Waals surface area contributed by atoms with Crippen LogP contribution >= 0.6 is 0 Å². The number of esters is 1. The van der Waals surface area contributed by atoms with Crippen LogP contribution in [-0.2, 0) is 14.9 Å². The molecule has 1 heterocycles. The molecule has 0 spiro atoms. The van der Waals surface area contributed by atoms with Gasteiger partial charge in [0.05, 0.1) is 17.9 Å². The van der Waals surface area contributed by atoms with E-state index in [1.807, 2.05) is 6.07 Å². The first-order valence-corrected chi connectivity index (χ1v) is 5.27. The van der Waals surface area contributed by atoms with Crippen LogP contribution in [0.15, 0.2) is 18.3 Å². The highest BCUT2D eigenvalue weighted by atomic mass is 16.5. The van der Waals surface area contributed by atoms with E-state index < -0.39 is 5.41 Å². The summed E-state index contributed by atoms with van der Waals surface area (Å²) in [6.07, 6.45) is 3.06. The minimum Gasteiger partial charge on any atom is -0.465 e. The van der Waals surface area contributed by atoms with Gasteiger partial charge < -0.3 is 4.74 Å². The molecule has 4 heteroatoms. The van der Waals surface area contributed by atoms with Crippen molar-refractivity contribution in [3.8, 4) is 6.07 Å². The number of hydrogen-bond acceptors (Lipinski definition) is 4. The fourth-order valence-electron chi connectivity index (χ4n) is 1.70. The number of carbonyl (C=O) groups excluding carboxylic acids is 1. The number of carbonyl (C=O) groups is 1. The number of nitrogens with zero attached hydrogens (tertiary/aromatic N) is 2. The van der Waals surface area contributed by atoms with Crippen LogP contribution in [-0.4, -0.2) is 17.6 Å². The van der Waals surface area contributed by atoms with Gasteiger partial charge in [-0.25, -0.2) is 0 Å². The third-order valence-corrected chi connectivity index (χ3v) is 2.80. The number of rotatable bonds is 3. The van der Waals surface area contributed by atoms with Gasteiger partial charge in [0.15, 0.2) is 0 Å². The largest absolute Gasteiger partial charge is 0.465 e. The van der Waals surface area contributed by atoms with Crippen molar-refractivity contribution >= 4 is 5.97 Å². The van der Waals surface area contributed by atoms with Gasteiger partial charge in [-0.15, -0.1) is 0 Å². The van der Waals surface area contributed by atoms with Crippen molar-refractivity contribution in [2.45, 2.75) is 25.2 Å². The highest BCUT2D eigenvalue weighted by Crippen LogP contribution is 2.48. The maximum absolute atomic E-state index is 11.8. The Hall–Kier alpha value is -1.89. The Kier molecular flexibility index (Phi) is 2.61. The molecule has 0 radical (unpaired) electrons. The van der Waals surface area contributed by atoms with E-state index in [9.17, 15) is 4.79 Å². The van der Waals surface area contributed by atoms with Crippen molar-refractivity contribution in [2.75, 3.05) is 6.61 Å². The second-order valence-corrected chi connectivity index (χ2v) is 3.85. The zero-order chi connectivity index (χ0) is 11.6. The maximum atomic E-state index is 11.8. The van der Waals surface area contributed by atoms with Gasteiger partial charge in [0.2, 0.25) is 0 Å². The van der Waals surface area contributed by atoms with Gasteiger partial charge in [-0.1, -0.05) is 0 Å². The fourth-order valence-corrected chi connectivity index (χ4v) is 1.70. The average Bonchev–Trinajstić information content (AvgIpc) is 3.11. The van der Waals surface area contributed by atoms with E-state index in [1.54, 1.807) is 19.1 Å². The standard InChI is InChI=1S/C12H12N2O2/c1-2-16-11(15)12(5-6-12)10-4-3-9(7-13)8-14-10/h3-4,8H,2,5-6H2,1H3. The van der Waals surface area contributed by atoms with Gasteiger partial charge in [-0.3, -0.25) is 9.78 Å². The molecule has 0 unspecified atom stereocenters. The molecule has 82 valence electrons. The first kappa shape index (κ1) is 10.6. The summed E-state index contributed by atoms with van der Waals surface area (Å²) in [5.74, 6) is -0.202. The lowest BCUT2D eigenvalue weighted by molar-refractivity contribution is -0.146. The monoisotopic (exact) mass is 216 g/mol. The lowest BCUT2D eigenvalue weighted by atomic mass is 10.0. The minimum absolute atomic E-state index is 0.202. The number of aromatic nitrogens is 1. The van der Waals surface area contributed by atoms with Gasteiger partial charge in [-0.2, -0.15) is 5.26 Å². The van der Waals surface area contributed by atoms with Crippen LogP contribution in [0.5, 0.6) is 0 Å². The summed E-state index contributed by atoms with van der Waals surface area (Å²) in [6, 6.07) is 5.42. The molecule has 1 fully saturated rings. The molecule has 4 nitrogen and oxygen atoms in total. The van der Waals surface area contributed by atoms with Gasteiger partial charge in [0.1, 0.15) is 11.5 Å². The molecular weight excluding hydrogens is 204 g/mol. The summed E-state index contributed by atoms with van der Waals surface area (Å²) in [5, 5.41) is 8.66. The first-order valence-electron chi connectivity index (χ1n) is 5.27. The predicted molar refractivity (Wildman–Crippen MR) is 56.5 cm³/mol. The topological polar surface area (TPSA) is 63.0 Å². The summed E-state index contributed by atoms with van der Waals surface area (Å²) in [7, 11) is 0. The summed E-state index contributed by atoms with van der Waals surface area (Å²) >= 11 is 0. The SMILES string of the molecule is CCOC(=O)C1(c2ccc(C#N)cn2)CC1. The number of hydrogen-bond donors (Lipinski definition) is 0. The molecule has 1 aromatic rings. The average molecular weight is 216 g/mol. The third-order valence-electron chi connectivity index (χ3n) is 2.80. The molecule has 1 aliphatic rings. The Balaban J connectivity index is 2.24. The van der Waals surface area contributed by atoms with Gasteiger partial charge in [0, 0.05) is 6.20 Å². The Labute approximate surface area is 93.9 Å². The van der Waals surface area contributed by atoms with Crippen molar-refractivity contribution in [3.63, 3.8) is 0 Å². The Morgan fingerprint density at radius 3 is 2.81 bits per heavy atom. The van der Waals surface area contributed by atoms with Crippen molar-refractivity contribution in [2.24, 2.45) is 0 Å². The van der Waals surface area contributed by atoms with E-state index in [4.69, 9.17) is 10.00 Å². The van der Waals surface area contributed by atoms with E-state index in [0.29, 0.717) is 17.9 Å². The van der Waals surface area contributed by atoms with Crippen LogP contribution in [0.4, 0.5) is 0 Å². The summed E-state index contributed by atoms with van der Waals surface area (Å²) in [4.78, 5) is 15.9. The molecule has 0 bridgehead atoms. The molecule has 0 aromatic carbocycles. The smallest absolute Gasteiger partial charge is 0.318 e. The van der Waals surface area contributed by atoms with Crippen LogP contribution in [0.3, 0.4) is 0 Å². The molecule has 16 heavy (non-hydrogen) atoms. The maximum Gasteiger partial charge on any atom is 0.318 e. The Morgan fingerprint density at radius 1 is 1.62 bits per heavy atom. The molecule has 1 saturated carbocycles. The van der Waals surface area contributed by atoms with Crippen LogP contribution in [0.25, 0.3) is 0 Å². The first-order chi connectivity index (χ1) is 7.73. The zero-order valence-electron chi connectivity index (χ0n) is 9.06. The van der Waals surface area contributed by atoms with E-state index in [2.05, 4.69) is 4.98 Å². The van der Waals surface area contributed by atoms with E-state index in [1.165, 1.54) is 6.20 Å². The summed E-state index contributed by atoms with van der Waals surface area (Å²) in [6.45, 7) is 2.18. The fraction of sp³-hybridized carbons (Fsp3) is 0.417. The minimum atomic E-state index is -0.538. The van der Waals surface area contributed by atoms with Crippen LogP contribution < -0.4 is 0 Å². The predicted octanol–water partition coefficient (Wildman–Crippen LogP) is 1.55. The van der Waals surface area contributed by atoms with Gasteiger partial charge in [0.25, 0.3) is 0 Å². The normalized spacial score (nSPS) is 16.2. The van der Waals surface area contributed by atoms with Gasteiger partial charge in [-0.05, 0) is 31.9 Å². The molecule has 0 N–H and O–H groups in total. The van der Waals surface area contributed by atoms with Crippen molar-refractivity contribution in [3.05, 3.63) is 29.6 Å². The van der Waals surface area contributed by atoms with Crippen molar-refractivity contribution in [1.82, 2.24) is 4.98 Å². The molecular formula is C12H12N2O2. The number of nitriles is 1. The molecule has 0 amide bonds. The molecule has 0 saturated heterocycles. The Morgan fingerprint density at radius 2 is 2.38 bits per heavy atom. The van der Waals surface area contributed by atoms with E-state index in [-0.39, 0.29) is 5.97 Å². The zero-order valence-corrected chi connectivity index (χ0v) is 9.06. The summed E-state index contributed by atoms with van der Waals surface area (Å²) < 4.78 is 5.04.